The first-order valence-electron chi connectivity index (χ1n) is 6.98. The van der Waals surface area contributed by atoms with Crippen LogP contribution in [-0.4, -0.2) is 15.8 Å². The molecule has 0 unspecified atom stereocenters. The van der Waals surface area contributed by atoms with Crippen LogP contribution in [0, 0.1) is 0 Å². The Labute approximate surface area is 119 Å². The van der Waals surface area contributed by atoms with Gasteiger partial charge in [-0.1, -0.05) is 19.4 Å². The molecule has 0 radical (unpaired) electrons. The van der Waals surface area contributed by atoms with Gasteiger partial charge in [-0.15, -0.1) is 0 Å². The van der Waals surface area contributed by atoms with E-state index >= 15 is 0 Å². The van der Waals surface area contributed by atoms with E-state index in [2.05, 4.69) is 11.9 Å². The fourth-order valence-electron chi connectivity index (χ4n) is 2.02. The molecule has 4 nitrogen and oxygen atoms in total. The van der Waals surface area contributed by atoms with Gasteiger partial charge in [-0.05, 0) is 30.2 Å². The maximum Gasteiger partial charge on any atom is 0.223 e. The second-order valence-corrected chi connectivity index (χ2v) is 4.79. The molecule has 0 aliphatic rings. The largest absolute Gasteiger partial charge is 0.467 e. The van der Waals surface area contributed by atoms with Gasteiger partial charge in [-0.25, -0.2) is 0 Å². The van der Waals surface area contributed by atoms with Crippen molar-refractivity contribution in [2.24, 2.45) is 0 Å². The average molecular weight is 272 g/mol. The molecule has 0 N–H and O–H groups in total. The lowest BCUT2D eigenvalue weighted by molar-refractivity contribution is -0.132. The molecule has 2 rings (SSSR count). The Kier molecular flexibility index (Phi) is 5.35. The van der Waals surface area contributed by atoms with Gasteiger partial charge in [0.25, 0.3) is 0 Å². The van der Waals surface area contributed by atoms with Gasteiger partial charge in [0.2, 0.25) is 5.91 Å². The highest BCUT2D eigenvalue weighted by Gasteiger charge is 2.15. The van der Waals surface area contributed by atoms with E-state index in [0.717, 1.165) is 24.2 Å². The van der Waals surface area contributed by atoms with Gasteiger partial charge in [0.05, 0.1) is 12.8 Å². The monoisotopic (exact) mass is 272 g/mol. The Hall–Kier alpha value is -2.10. The summed E-state index contributed by atoms with van der Waals surface area (Å²) in [6, 6.07) is 7.60. The van der Waals surface area contributed by atoms with Crippen LogP contribution in [-0.2, 0) is 17.9 Å². The minimum absolute atomic E-state index is 0.159. The van der Waals surface area contributed by atoms with E-state index in [-0.39, 0.29) is 5.91 Å². The Morgan fingerprint density at radius 2 is 2.20 bits per heavy atom. The van der Waals surface area contributed by atoms with Gasteiger partial charge in [-0.2, -0.15) is 0 Å². The number of rotatable bonds is 7. The number of hydrogen-bond acceptors (Lipinski definition) is 3. The van der Waals surface area contributed by atoms with Crippen LogP contribution in [0.15, 0.2) is 47.3 Å². The summed E-state index contributed by atoms with van der Waals surface area (Å²) in [5, 5.41) is 0. The molecular weight excluding hydrogens is 252 g/mol. The summed E-state index contributed by atoms with van der Waals surface area (Å²) in [4.78, 5) is 18.2. The van der Waals surface area contributed by atoms with Crippen LogP contribution in [0.5, 0.6) is 0 Å². The summed E-state index contributed by atoms with van der Waals surface area (Å²) >= 11 is 0. The van der Waals surface area contributed by atoms with E-state index in [1.165, 1.54) is 0 Å². The van der Waals surface area contributed by atoms with Crippen LogP contribution in [0.1, 0.15) is 37.5 Å². The van der Waals surface area contributed by atoms with E-state index in [4.69, 9.17) is 4.42 Å². The van der Waals surface area contributed by atoms with E-state index in [0.29, 0.717) is 19.5 Å². The molecule has 0 atom stereocenters. The molecule has 0 bridgehead atoms. The number of furan rings is 1. The molecule has 2 heterocycles. The number of carbonyl (C=O) groups excluding carboxylic acids is 1. The molecule has 1 amide bonds. The number of aromatic nitrogens is 1. The van der Waals surface area contributed by atoms with Gasteiger partial charge in [-0.3, -0.25) is 9.78 Å². The zero-order valence-corrected chi connectivity index (χ0v) is 11.8. The molecule has 0 aliphatic heterocycles. The lowest BCUT2D eigenvalue weighted by Crippen LogP contribution is -2.29. The van der Waals surface area contributed by atoms with Crippen LogP contribution in [0.4, 0.5) is 0 Å². The van der Waals surface area contributed by atoms with Crippen LogP contribution in [0.25, 0.3) is 0 Å². The fraction of sp³-hybridized carbons (Fsp3) is 0.375. The second-order valence-electron chi connectivity index (χ2n) is 4.79. The first-order chi connectivity index (χ1) is 9.79. The highest BCUT2D eigenvalue weighted by Crippen LogP contribution is 2.12. The van der Waals surface area contributed by atoms with Crippen molar-refractivity contribution >= 4 is 5.91 Å². The standard InChI is InChI=1S/C16H20N2O2/c1-2-3-8-16(19)18(13-15-7-5-10-20-15)12-14-6-4-9-17-11-14/h4-7,9-11H,2-3,8,12-13H2,1H3. The van der Waals surface area contributed by atoms with Crippen molar-refractivity contribution in [1.29, 1.82) is 0 Å². The van der Waals surface area contributed by atoms with Gasteiger partial charge < -0.3 is 9.32 Å². The first kappa shape index (κ1) is 14.3. The quantitative estimate of drug-likeness (QED) is 0.776. The molecule has 0 fully saturated rings. The van der Waals surface area contributed by atoms with Gasteiger partial charge in [0.15, 0.2) is 0 Å². The van der Waals surface area contributed by atoms with E-state index < -0.39 is 0 Å². The van der Waals surface area contributed by atoms with Crippen molar-refractivity contribution in [3.8, 4) is 0 Å². The number of carbonyl (C=O) groups is 1. The van der Waals surface area contributed by atoms with E-state index in [1.807, 2.05) is 29.2 Å². The average Bonchev–Trinajstić information content (AvgIpc) is 2.98. The maximum absolute atomic E-state index is 12.3. The number of pyridine rings is 1. The third-order valence-corrected chi connectivity index (χ3v) is 3.12. The Morgan fingerprint density at radius 3 is 2.85 bits per heavy atom. The summed E-state index contributed by atoms with van der Waals surface area (Å²) in [7, 11) is 0. The Bertz CT molecular complexity index is 509. The third-order valence-electron chi connectivity index (χ3n) is 3.12. The van der Waals surface area contributed by atoms with Crippen LogP contribution in [0.3, 0.4) is 0 Å². The van der Waals surface area contributed by atoms with Crippen molar-refractivity contribution in [3.63, 3.8) is 0 Å². The summed E-state index contributed by atoms with van der Waals surface area (Å²) < 4.78 is 5.35. The predicted octanol–water partition coefficient (Wildman–Crippen LogP) is 3.39. The molecule has 2 aromatic rings. The third kappa shape index (κ3) is 4.23. The van der Waals surface area contributed by atoms with Crippen LogP contribution >= 0.6 is 0 Å². The normalized spacial score (nSPS) is 10.4. The first-order valence-corrected chi connectivity index (χ1v) is 6.98. The van der Waals surface area contributed by atoms with E-state index in [9.17, 15) is 4.79 Å². The number of nitrogens with zero attached hydrogens (tertiary/aromatic N) is 2. The SMILES string of the molecule is CCCCC(=O)N(Cc1cccnc1)Cc1ccco1. The zero-order valence-electron chi connectivity index (χ0n) is 11.8. The summed E-state index contributed by atoms with van der Waals surface area (Å²) in [5.41, 5.74) is 1.03. The molecule has 20 heavy (non-hydrogen) atoms. The van der Waals surface area contributed by atoms with Crippen LogP contribution in [0.2, 0.25) is 0 Å². The minimum atomic E-state index is 0.159. The van der Waals surface area contributed by atoms with Gasteiger partial charge in [0.1, 0.15) is 5.76 Å². The maximum atomic E-state index is 12.3. The minimum Gasteiger partial charge on any atom is -0.467 e. The molecular formula is C16H20N2O2. The second kappa shape index (κ2) is 7.48. The molecule has 0 aliphatic carbocycles. The van der Waals surface area contributed by atoms with Crippen molar-refractivity contribution in [2.75, 3.05) is 0 Å². The highest BCUT2D eigenvalue weighted by molar-refractivity contribution is 5.76. The van der Waals surface area contributed by atoms with Crippen LogP contribution < -0.4 is 0 Å². The topological polar surface area (TPSA) is 46.3 Å². The summed E-state index contributed by atoms with van der Waals surface area (Å²) in [6.07, 6.45) is 7.68. The highest BCUT2D eigenvalue weighted by atomic mass is 16.3. The molecule has 106 valence electrons. The summed E-state index contributed by atoms with van der Waals surface area (Å²) in [5.74, 6) is 0.964. The Balaban J connectivity index is 2.05. The molecule has 4 heteroatoms. The lowest BCUT2D eigenvalue weighted by Gasteiger charge is -2.21. The number of unbranched alkanes of at least 4 members (excludes halogenated alkanes) is 1. The lowest BCUT2D eigenvalue weighted by atomic mass is 10.2. The van der Waals surface area contributed by atoms with Crippen molar-refractivity contribution < 1.29 is 9.21 Å². The smallest absolute Gasteiger partial charge is 0.223 e. The zero-order chi connectivity index (χ0) is 14.2. The van der Waals surface area contributed by atoms with Gasteiger partial charge >= 0.3 is 0 Å². The Morgan fingerprint density at radius 1 is 1.30 bits per heavy atom. The molecule has 0 aromatic carbocycles. The fourth-order valence-corrected chi connectivity index (χ4v) is 2.02. The van der Waals surface area contributed by atoms with Crippen molar-refractivity contribution in [3.05, 3.63) is 54.2 Å². The number of hydrogen-bond donors (Lipinski definition) is 0. The molecule has 0 saturated heterocycles. The molecule has 2 aromatic heterocycles. The molecule has 0 spiro atoms. The van der Waals surface area contributed by atoms with Gasteiger partial charge in [0, 0.05) is 25.4 Å². The molecule has 0 saturated carbocycles. The van der Waals surface area contributed by atoms with Crippen molar-refractivity contribution in [1.82, 2.24) is 9.88 Å². The summed E-state index contributed by atoms with van der Waals surface area (Å²) in [6.45, 7) is 3.16. The van der Waals surface area contributed by atoms with E-state index in [1.54, 1.807) is 18.7 Å². The van der Waals surface area contributed by atoms with Crippen molar-refractivity contribution in [2.45, 2.75) is 39.3 Å². The number of amides is 1. The predicted molar refractivity (Wildman–Crippen MR) is 76.7 cm³/mol.